The van der Waals surface area contributed by atoms with E-state index < -0.39 is 10.0 Å². The quantitative estimate of drug-likeness (QED) is 0.759. The maximum absolute atomic E-state index is 12.3. The molecule has 0 fully saturated rings. The van der Waals surface area contributed by atoms with Gasteiger partial charge in [-0.25, -0.2) is 13.1 Å². The van der Waals surface area contributed by atoms with Gasteiger partial charge in [0.2, 0.25) is 10.0 Å². The maximum Gasteiger partial charge on any atom is 0.242 e. The van der Waals surface area contributed by atoms with Crippen LogP contribution in [0.1, 0.15) is 24.5 Å². The minimum atomic E-state index is -3.56. The van der Waals surface area contributed by atoms with Gasteiger partial charge in [0.1, 0.15) is 10.7 Å². The van der Waals surface area contributed by atoms with Crippen LogP contribution in [0.4, 0.5) is 0 Å². The van der Waals surface area contributed by atoms with E-state index in [-0.39, 0.29) is 11.4 Å². The molecular weight excluding hydrogens is 376 g/mol. The average molecular weight is 393 g/mol. The van der Waals surface area contributed by atoms with Crippen LogP contribution in [0.15, 0.2) is 37.6 Å². The van der Waals surface area contributed by atoms with Gasteiger partial charge < -0.3 is 9.73 Å². The van der Waals surface area contributed by atoms with Crippen molar-refractivity contribution in [2.24, 2.45) is 0 Å². The van der Waals surface area contributed by atoms with Gasteiger partial charge in [0.05, 0.1) is 16.6 Å². The fourth-order valence-electron chi connectivity index (χ4n) is 1.63. The third-order valence-corrected chi connectivity index (χ3v) is 6.35. The second kappa shape index (κ2) is 7.06. The molecule has 0 aliphatic rings. The van der Waals surface area contributed by atoms with Crippen LogP contribution in [0.2, 0.25) is 0 Å². The SMILES string of the molecule is CC(C)NCc1cc(S(=O)(=O)NCc2ccco2)c(Br)s1. The number of rotatable bonds is 7. The highest BCUT2D eigenvalue weighted by Gasteiger charge is 2.21. The van der Waals surface area contributed by atoms with Crippen LogP contribution < -0.4 is 10.0 Å². The van der Waals surface area contributed by atoms with E-state index in [1.165, 1.54) is 17.6 Å². The summed E-state index contributed by atoms with van der Waals surface area (Å²) >= 11 is 4.74. The van der Waals surface area contributed by atoms with E-state index in [0.717, 1.165) is 4.88 Å². The molecule has 0 saturated carbocycles. The molecule has 0 radical (unpaired) electrons. The Morgan fingerprint density at radius 2 is 2.14 bits per heavy atom. The van der Waals surface area contributed by atoms with Crippen LogP contribution in [-0.2, 0) is 23.1 Å². The molecule has 2 aromatic heterocycles. The molecule has 0 atom stereocenters. The average Bonchev–Trinajstić information content (AvgIpc) is 3.03. The van der Waals surface area contributed by atoms with Crippen molar-refractivity contribution in [3.63, 3.8) is 0 Å². The van der Waals surface area contributed by atoms with Crippen molar-refractivity contribution < 1.29 is 12.8 Å². The summed E-state index contributed by atoms with van der Waals surface area (Å²) in [5.74, 6) is 0.576. The monoisotopic (exact) mass is 392 g/mol. The lowest BCUT2D eigenvalue weighted by molar-refractivity contribution is 0.498. The molecule has 0 unspecified atom stereocenters. The Kier molecular flexibility index (Phi) is 5.61. The first-order valence-electron chi connectivity index (χ1n) is 6.42. The number of thiophene rings is 1. The van der Waals surface area contributed by atoms with Crippen molar-refractivity contribution in [2.45, 2.75) is 37.9 Å². The maximum atomic E-state index is 12.3. The highest BCUT2D eigenvalue weighted by atomic mass is 79.9. The fraction of sp³-hybridized carbons (Fsp3) is 0.385. The summed E-state index contributed by atoms with van der Waals surface area (Å²) in [4.78, 5) is 1.23. The van der Waals surface area contributed by atoms with E-state index >= 15 is 0 Å². The van der Waals surface area contributed by atoms with Crippen molar-refractivity contribution in [3.8, 4) is 0 Å². The number of halogens is 1. The highest BCUT2D eigenvalue weighted by Crippen LogP contribution is 2.31. The molecule has 0 spiro atoms. The second-order valence-electron chi connectivity index (χ2n) is 4.79. The Hall–Kier alpha value is -0.670. The standard InChI is InChI=1S/C13H17BrN2O3S2/c1-9(2)15-8-11-6-12(13(14)20-11)21(17,18)16-7-10-4-3-5-19-10/h3-6,9,15-16H,7-8H2,1-2H3. The number of furan rings is 1. The van der Waals surface area contributed by atoms with E-state index in [9.17, 15) is 8.42 Å². The van der Waals surface area contributed by atoms with Crippen molar-refractivity contribution in [1.82, 2.24) is 10.0 Å². The molecule has 116 valence electrons. The number of nitrogens with one attached hydrogen (secondary N) is 2. The van der Waals surface area contributed by atoms with Gasteiger partial charge >= 0.3 is 0 Å². The molecule has 2 heterocycles. The van der Waals surface area contributed by atoms with Gasteiger partial charge in [-0.2, -0.15) is 0 Å². The van der Waals surface area contributed by atoms with Crippen molar-refractivity contribution in [1.29, 1.82) is 0 Å². The molecule has 0 aromatic carbocycles. The summed E-state index contributed by atoms with van der Waals surface area (Å²) in [7, 11) is -3.56. The Bertz CT molecular complexity index is 678. The van der Waals surface area contributed by atoms with Crippen LogP contribution in [0, 0.1) is 0 Å². The number of hydrogen-bond donors (Lipinski definition) is 2. The molecule has 0 amide bonds. The van der Waals surface area contributed by atoms with E-state index in [1.807, 2.05) is 13.8 Å². The van der Waals surface area contributed by atoms with Crippen molar-refractivity contribution in [2.75, 3.05) is 0 Å². The Labute approximate surface area is 136 Å². The summed E-state index contributed by atoms with van der Waals surface area (Å²) < 4.78 is 32.9. The first-order valence-corrected chi connectivity index (χ1v) is 9.51. The normalized spacial score (nSPS) is 12.2. The summed E-state index contributed by atoms with van der Waals surface area (Å²) in [5.41, 5.74) is 0. The smallest absolute Gasteiger partial charge is 0.242 e. The van der Waals surface area contributed by atoms with Gasteiger partial charge in [-0.1, -0.05) is 13.8 Å². The third-order valence-electron chi connectivity index (χ3n) is 2.70. The summed E-state index contributed by atoms with van der Waals surface area (Å²) in [5, 5.41) is 3.27. The predicted octanol–water partition coefficient (Wildman–Crippen LogP) is 3.08. The zero-order valence-electron chi connectivity index (χ0n) is 11.7. The van der Waals surface area contributed by atoms with Gasteiger partial charge in [0, 0.05) is 17.5 Å². The van der Waals surface area contributed by atoms with Crippen LogP contribution in [0.25, 0.3) is 0 Å². The number of sulfonamides is 1. The molecule has 5 nitrogen and oxygen atoms in total. The van der Waals surface area contributed by atoms with Gasteiger partial charge in [-0.05, 0) is 34.1 Å². The first kappa shape index (κ1) is 16.7. The molecule has 0 saturated heterocycles. The zero-order chi connectivity index (χ0) is 15.5. The van der Waals surface area contributed by atoms with Gasteiger partial charge in [0.25, 0.3) is 0 Å². The van der Waals surface area contributed by atoms with Crippen LogP contribution in [-0.4, -0.2) is 14.5 Å². The van der Waals surface area contributed by atoms with Crippen LogP contribution in [0.3, 0.4) is 0 Å². The van der Waals surface area contributed by atoms with Crippen LogP contribution in [0.5, 0.6) is 0 Å². The van der Waals surface area contributed by atoms with E-state index in [4.69, 9.17) is 4.42 Å². The van der Waals surface area contributed by atoms with E-state index in [1.54, 1.807) is 18.2 Å². The third kappa shape index (κ3) is 4.65. The molecule has 0 aliphatic carbocycles. The zero-order valence-corrected chi connectivity index (χ0v) is 14.9. The lowest BCUT2D eigenvalue weighted by Crippen LogP contribution is -2.23. The summed E-state index contributed by atoms with van der Waals surface area (Å²) in [6, 6.07) is 5.49. The summed E-state index contributed by atoms with van der Waals surface area (Å²) in [6.45, 7) is 4.88. The predicted molar refractivity (Wildman–Crippen MR) is 86.7 cm³/mol. The second-order valence-corrected chi connectivity index (χ2v) is 8.98. The summed E-state index contributed by atoms with van der Waals surface area (Å²) in [6.07, 6.45) is 1.51. The molecule has 2 N–H and O–H groups in total. The lowest BCUT2D eigenvalue weighted by atomic mass is 10.4. The first-order chi connectivity index (χ1) is 9.88. The topological polar surface area (TPSA) is 71.3 Å². The molecule has 8 heteroatoms. The Morgan fingerprint density at radius 1 is 1.38 bits per heavy atom. The Morgan fingerprint density at radius 3 is 2.76 bits per heavy atom. The van der Waals surface area contributed by atoms with E-state index in [2.05, 4.69) is 26.0 Å². The Balaban J connectivity index is 2.08. The molecule has 0 aliphatic heterocycles. The van der Waals surface area contributed by atoms with Gasteiger partial charge in [0.15, 0.2) is 0 Å². The van der Waals surface area contributed by atoms with Gasteiger partial charge in [-0.15, -0.1) is 11.3 Å². The molecule has 21 heavy (non-hydrogen) atoms. The minimum absolute atomic E-state index is 0.136. The molecular formula is C13H17BrN2O3S2. The molecule has 0 bridgehead atoms. The van der Waals surface area contributed by atoms with E-state index in [0.29, 0.717) is 22.1 Å². The minimum Gasteiger partial charge on any atom is -0.468 e. The van der Waals surface area contributed by atoms with Crippen molar-refractivity contribution >= 4 is 37.3 Å². The van der Waals surface area contributed by atoms with Crippen molar-refractivity contribution in [3.05, 3.63) is 38.9 Å². The largest absolute Gasteiger partial charge is 0.468 e. The fourth-order valence-corrected chi connectivity index (χ4v) is 5.25. The highest BCUT2D eigenvalue weighted by molar-refractivity contribution is 9.11. The van der Waals surface area contributed by atoms with Gasteiger partial charge in [-0.3, -0.25) is 0 Å². The molecule has 2 rings (SSSR count). The number of hydrogen-bond acceptors (Lipinski definition) is 5. The molecule has 2 aromatic rings. The lowest BCUT2D eigenvalue weighted by Gasteiger charge is -2.05. The van der Waals surface area contributed by atoms with Crippen LogP contribution >= 0.6 is 27.3 Å².